The lowest BCUT2D eigenvalue weighted by atomic mass is 10.0. The molecular weight excluding hydrogens is 474 g/mol. The lowest BCUT2D eigenvalue weighted by molar-refractivity contribution is 0.105. The Morgan fingerprint density at radius 2 is 1.58 bits per heavy atom. The molecule has 0 spiro atoms. The van der Waals surface area contributed by atoms with E-state index in [0.717, 1.165) is 21.6 Å². The molecular formula is C28H23N3O4S. The van der Waals surface area contributed by atoms with Crippen molar-refractivity contribution in [2.24, 2.45) is 0 Å². The number of fused-ring (bicyclic) bond motifs is 1. The van der Waals surface area contributed by atoms with Gasteiger partial charge in [-0.05, 0) is 30.3 Å². The predicted molar refractivity (Wildman–Crippen MR) is 142 cm³/mol. The number of hydrogen-bond acceptors (Lipinski definition) is 7. The summed E-state index contributed by atoms with van der Waals surface area (Å²) in [5.41, 5.74) is 4.01. The van der Waals surface area contributed by atoms with Crippen LogP contribution in [0.15, 0.2) is 72.1 Å². The van der Waals surface area contributed by atoms with Gasteiger partial charge in [0, 0.05) is 16.5 Å². The topological polar surface area (TPSA) is 86.3 Å². The predicted octanol–water partition coefficient (Wildman–Crippen LogP) is 6.14. The molecule has 0 bridgehead atoms. The number of thiazole rings is 1. The Labute approximate surface area is 212 Å². The van der Waals surface area contributed by atoms with Crippen LogP contribution in [0.3, 0.4) is 0 Å². The molecule has 0 radical (unpaired) electrons. The number of benzene rings is 3. The van der Waals surface area contributed by atoms with Crippen LogP contribution in [0.1, 0.15) is 21.9 Å². The van der Waals surface area contributed by atoms with Crippen LogP contribution in [-0.2, 0) is 0 Å². The molecule has 0 atom stereocenters. The van der Waals surface area contributed by atoms with E-state index in [9.17, 15) is 4.79 Å². The SMILES string of the molecule is COc1cc(C(=O)/C(=C/c2csc(-c3ccccc3)n2)c2nc3ccccc3[nH]2)cc(OC)c1OC. The number of imidazole rings is 1. The smallest absolute Gasteiger partial charge is 0.203 e. The summed E-state index contributed by atoms with van der Waals surface area (Å²) < 4.78 is 16.3. The van der Waals surface area contributed by atoms with E-state index in [2.05, 4.69) is 9.97 Å². The van der Waals surface area contributed by atoms with Crippen molar-refractivity contribution in [2.45, 2.75) is 0 Å². The van der Waals surface area contributed by atoms with E-state index >= 15 is 0 Å². The minimum atomic E-state index is -0.262. The molecule has 2 aromatic heterocycles. The van der Waals surface area contributed by atoms with Crippen molar-refractivity contribution in [2.75, 3.05) is 21.3 Å². The first-order chi connectivity index (χ1) is 17.6. The van der Waals surface area contributed by atoms with Crippen molar-refractivity contribution in [3.8, 4) is 27.8 Å². The fourth-order valence-corrected chi connectivity index (χ4v) is 4.69. The van der Waals surface area contributed by atoms with Crippen molar-refractivity contribution in [1.82, 2.24) is 15.0 Å². The molecule has 1 N–H and O–H groups in total. The van der Waals surface area contributed by atoms with Gasteiger partial charge in [-0.15, -0.1) is 11.3 Å². The van der Waals surface area contributed by atoms with Gasteiger partial charge in [0.05, 0.1) is 43.6 Å². The van der Waals surface area contributed by atoms with Crippen LogP contribution in [0.4, 0.5) is 0 Å². The third-order valence-electron chi connectivity index (χ3n) is 5.65. The van der Waals surface area contributed by atoms with Gasteiger partial charge in [0.1, 0.15) is 10.8 Å². The fourth-order valence-electron chi connectivity index (χ4n) is 3.90. The number of ketones is 1. The minimum absolute atomic E-state index is 0.262. The number of nitrogens with one attached hydrogen (secondary N) is 1. The van der Waals surface area contributed by atoms with Crippen molar-refractivity contribution in [3.05, 3.63) is 89.2 Å². The number of hydrogen-bond donors (Lipinski definition) is 1. The number of rotatable bonds is 8. The van der Waals surface area contributed by atoms with Crippen LogP contribution in [0.25, 0.3) is 33.3 Å². The third kappa shape index (κ3) is 4.46. The number of ether oxygens (including phenoxy) is 3. The van der Waals surface area contributed by atoms with E-state index in [1.807, 2.05) is 60.0 Å². The van der Waals surface area contributed by atoms with Gasteiger partial charge in [-0.2, -0.15) is 0 Å². The highest BCUT2D eigenvalue weighted by molar-refractivity contribution is 7.13. The highest BCUT2D eigenvalue weighted by Gasteiger charge is 2.23. The highest BCUT2D eigenvalue weighted by Crippen LogP contribution is 2.39. The quantitative estimate of drug-likeness (QED) is 0.205. The first-order valence-corrected chi connectivity index (χ1v) is 12.0. The molecule has 0 aliphatic carbocycles. The van der Waals surface area contributed by atoms with E-state index in [1.165, 1.54) is 32.7 Å². The van der Waals surface area contributed by atoms with E-state index < -0.39 is 0 Å². The summed E-state index contributed by atoms with van der Waals surface area (Å²) in [5.74, 6) is 1.39. The summed E-state index contributed by atoms with van der Waals surface area (Å²) >= 11 is 1.52. The monoisotopic (exact) mass is 497 g/mol. The number of para-hydroxylation sites is 2. The van der Waals surface area contributed by atoms with Gasteiger partial charge in [-0.25, -0.2) is 9.97 Å². The number of nitrogens with zero attached hydrogens (tertiary/aromatic N) is 2. The van der Waals surface area contributed by atoms with Crippen molar-refractivity contribution in [1.29, 1.82) is 0 Å². The van der Waals surface area contributed by atoms with Gasteiger partial charge in [-0.1, -0.05) is 42.5 Å². The lowest BCUT2D eigenvalue weighted by Crippen LogP contribution is -2.06. The summed E-state index contributed by atoms with van der Waals surface area (Å²) in [5, 5.41) is 2.79. The second-order valence-electron chi connectivity index (χ2n) is 7.85. The van der Waals surface area contributed by atoms with Gasteiger partial charge < -0.3 is 19.2 Å². The lowest BCUT2D eigenvalue weighted by Gasteiger charge is -2.14. The summed E-state index contributed by atoms with van der Waals surface area (Å²) in [7, 11) is 4.55. The number of aromatic amines is 1. The standard InChI is InChI=1S/C28H23N3O4S/c1-33-23-13-18(14-24(34-2)26(23)35-3)25(32)20(27-30-21-11-7-8-12-22(21)31-27)15-19-16-36-28(29-19)17-9-5-4-6-10-17/h4-16H,1-3H3,(H,30,31)/b20-15-. The molecule has 0 saturated carbocycles. The van der Waals surface area contributed by atoms with Gasteiger partial charge >= 0.3 is 0 Å². The maximum atomic E-state index is 13.9. The molecule has 36 heavy (non-hydrogen) atoms. The van der Waals surface area contributed by atoms with Crippen molar-refractivity contribution in [3.63, 3.8) is 0 Å². The summed E-state index contributed by atoms with van der Waals surface area (Å²) in [6.45, 7) is 0. The second kappa shape index (κ2) is 10.1. The molecule has 2 heterocycles. The average Bonchev–Trinajstić information content (AvgIpc) is 3.58. The molecule has 0 aliphatic rings. The molecule has 5 rings (SSSR count). The maximum absolute atomic E-state index is 13.9. The van der Waals surface area contributed by atoms with Crippen LogP contribution in [0.2, 0.25) is 0 Å². The molecule has 8 heteroatoms. The Kier molecular flexibility index (Phi) is 6.51. The van der Waals surface area contributed by atoms with Crippen LogP contribution in [0.5, 0.6) is 17.2 Å². The number of aromatic nitrogens is 3. The Bertz CT molecular complexity index is 1510. The third-order valence-corrected chi connectivity index (χ3v) is 6.56. The molecule has 0 fully saturated rings. The zero-order chi connectivity index (χ0) is 25.1. The van der Waals surface area contributed by atoms with E-state index in [0.29, 0.717) is 39.9 Å². The molecule has 180 valence electrons. The first-order valence-electron chi connectivity index (χ1n) is 11.1. The fraction of sp³-hybridized carbons (Fsp3) is 0.107. The molecule has 5 aromatic rings. The van der Waals surface area contributed by atoms with Crippen LogP contribution < -0.4 is 14.2 Å². The molecule has 0 unspecified atom stereocenters. The van der Waals surface area contributed by atoms with Crippen LogP contribution >= 0.6 is 11.3 Å². The van der Waals surface area contributed by atoms with Gasteiger partial charge in [0.2, 0.25) is 5.75 Å². The average molecular weight is 498 g/mol. The molecule has 0 amide bonds. The molecule has 0 aliphatic heterocycles. The number of carbonyl (C=O) groups is 1. The van der Waals surface area contributed by atoms with Gasteiger partial charge in [0.25, 0.3) is 0 Å². The van der Waals surface area contributed by atoms with Crippen molar-refractivity contribution >= 4 is 39.8 Å². The van der Waals surface area contributed by atoms with Crippen LogP contribution in [0, 0.1) is 0 Å². The van der Waals surface area contributed by atoms with Crippen LogP contribution in [-0.4, -0.2) is 42.1 Å². The van der Waals surface area contributed by atoms with E-state index in [1.54, 1.807) is 18.2 Å². The Hall–Kier alpha value is -4.43. The van der Waals surface area contributed by atoms with Crippen molar-refractivity contribution < 1.29 is 19.0 Å². The van der Waals surface area contributed by atoms with Gasteiger partial charge in [-0.3, -0.25) is 4.79 Å². The van der Waals surface area contributed by atoms with Gasteiger partial charge in [0.15, 0.2) is 17.3 Å². The number of allylic oxidation sites excluding steroid dienone is 1. The van der Waals surface area contributed by atoms with E-state index in [-0.39, 0.29) is 5.78 Å². The Morgan fingerprint density at radius 1 is 0.889 bits per heavy atom. The molecule has 0 saturated heterocycles. The maximum Gasteiger partial charge on any atom is 0.203 e. The summed E-state index contributed by atoms with van der Waals surface area (Å²) in [6.07, 6.45) is 1.76. The number of methoxy groups -OCH3 is 3. The summed E-state index contributed by atoms with van der Waals surface area (Å²) in [4.78, 5) is 26.6. The zero-order valence-corrected chi connectivity index (χ0v) is 20.8. The number of Topliss-reactive ketones (excluding diaryl/α,β-unsaturated/α-hetero) is 1. The highest BCUT2D eigenvalue weighted by atomic mass is 32.1. The molecule has 7 nitrogen and oxygen atoms in total. The Morgan fingerprint density at radius 3 is 2.25 bits per heavy atom. The summed E-state index contributed by atoms with van der Waals surface area (Å²) in [6, 6.07) is 20.8. The normalized spacial score (nSPS) is 11.5. The zero-order valence-electron chi connectivity index (χ0n) is 19.9. The Balaban J connectivity index is 1.64. The largest absolute Gasteiger partial charge is 0.493 e. The number of H-pyrrole nitrogens is 1. The minimum Gasteiger partial charge on any atom is -0.493 e. The molecule has 3 aromatic carbocycles. The first kappa shape index (κ1) is 23.3. The second-order valence-corrected chi connectivity index (χ2v) is 8.71. The van der Waals surface area contributed by atoms with E-state index in [4.69, 9.17) is 19.2 Å². The number of carbonyl (C=O) groups excluding carboxylic acids is 1.